The predicted octanol–water partition coefficient (Wildman–Crippen LogP) is 2.88. The number of aryl methyl sites for hydroxylation is 1. The predicted molar refractivity (Wildman–Crippen MR) is 111 cm³/mol. The summed E-state index contributed by atoms with van der Waals surface area (Å²) < 4.78 is 29.4. The first-order valence-corrected chi connectivity index (χ1v) is 11.2. The molecular weight excluding hydrogens is 398 g/mol. The van der Waals surface area contributed by atoms with Gasteiger partial charge >= 0.3 is 0 Å². The van der Waals surface area contributed by atoms with Crippen LogP contribution in [0.4, 0.5) is 5.82 Å². The minimum absolute atomic E-state index is 0.0828. The number of sulfone groups is 1. The number of hydrogen-bond donors (Lipinski definition) is 3. The molecule has 2 heterocycles. The van der Waals surface area contributed by atoms with Crippen molar-refractivity contribution < 1.29 is 13.2 Å². The summed E-state index contributed by atoms with van der Waals surface area (Å²) in [5, 5.41) is 13.5. The van der Waals surface area contributed by atoms with Gasteiger partial charge in [0.15, 0.2) is 32.7 Å². The Labute approximate surface area is 168 Å². The van der Waals surface area contributed by atoms with E-state index in [1.165, 1.54) is 11.8 Å². The van der Waals surface area contributed by atoms with Gasteiger partial charge < -0.3 is 15.4 Å². The summed E-state index contributed by atoms with van der Waals surface area (Å²) in [6, 6.07) is 8.71. The van der Waals surface area contributed by atoms with E-state index in [0.29, 0.717) is 22.3 Å². The molecule has 150 valence electrons. The number of thioether (sulfide) groups is 1. The van der Waals surface area contributed by atoms with Crippen molar-refractivity contribution in [1.82, 2.24) is 15.5 Å². The van der Waals surface area contributed by atoms with Gasteiger partial charge in [0.05, 0.1) is 23.5 Å². The Morgan fingerprint density at radius 3 is 2.54 bits per heavy atom. The second-order valence-electron chi connectivity index (χ2n) is 6.19. The number of hydrogen-bond acceptors (Lipinski definition) is 8. The minimum atomic E-state index is -3.21. The smallest absolute Gasteiger partial charge is 0.179 e. The fourth-order valence-corrected chi connectivity index (χ4v) is 4.48. The summed E-state index contributed by atoms with van der Waals surface area (Å²) >= 11 is 1.48. The van der Waals surface area contributed by atoms with Crippen LogP contribution >= 0.6 is 11.8 Å². The van der Waals surface area contributed by atoms with Crippen molar-refractivity contribution in [2.75, 3.05) is 18.2 Å². The van der Waals surface area contributed by atoms with E-state index >= 15 is 0 Å². The number of anilines is 1. The van der Waals surface area contributed by atoms with Crippen LogP contribution in [0, 0.1) is 6.92 Å². The van der Waals surface area contributed by atoms with E-state index < -0.39 is 9.84 Å². The molecule has 1 unspecified atom stereocenters. The number of nitrogens with zero attached hydrogens (tertiary/aromatic N) is 2. The number of methoxy groups -OCH3 is 1. The first-order valence-electron chi connectivity index (χ1n) is 8.70. The van der Waals surface area contributed by atoms with Crippen molar-refractivity contribution in [2.45, 2.75) is 36.1 Å². The van der Waals surface area contributed by atoms with Gasteiger partial charge in [0.25, 0.3) is 0 Å². The highest BCUT2D eigenvalue weighted by molar-refractivity contribution is 8.00. The van der Waals surface area contributed by atoms with Gasteiger partial charge in [0.1, 0.15) is 0 Å². The maximum absolute atomic E-state index is 12.0. The molecule has 10 heteroatoms. The molecule has 0 spiro atoms. The Morgan fingerprint density at radius 2 is 1.96 bits per heavy atom. The molecule has 8 nitrogen and oxygen atoms in total. The number of benzene rings is 1. The molecule has 0 saturated heterocycles. The Hall–Kier alpha value is -2.46. The fraction of sp³-hybridized carbons (Fsp3) is 0.333. The molecule has 1 aromatic carbocycles. The molecule has 3 N–H and O–H groups in total. The third-order valence-corrected chi connectivity index (χ3v) is 6.85. The standard InChI is InChI=1S/C18H23N5O3S2/c1-5-28(24,25)14-8-6-13(7-9-14)27-18-19-12(3)16(26-4)17(21-18)20-15-10-11(2)22-23-15/h6-10,18-19H,5H2,1-4H3,(H2,20,21,22,23). The molecule has 0 bridgehead atoms. The maximum atomic E-state index is 12.0. The van der Waals surface area contributed by atoms with Gasteiger partial charge in [0.2, 0.25) is 0 Å². The second-order valence-corrected chi connectivity index (χ2v) is 9.62. The van der Waals surface area contributed by atoms with Crippen molar-refractivity contribution in [2.24, 2.45) is 4.99 Å². The van der Waals surface area contributed by atoms with Gasteiger partial charge in [-0.1, -0.05) is 18.7 Å². The van der Waals surface area contributed by atoms with Crippen LogP contribution in [0.3, 0.4) is 0 Å². The molecule has 28 heavy (non-hydrogen) atoms. The summed E-state index contributed by atoms with van der Waals surface area (Å²) in [5.74, 6) is 1.92. The van der Waals surface area contributed by atoms with Crippen molar-refractivity contribution >= 4 is 33.3 Å². The average molecular weight is 422 g/mol. The molecule has 2 aromatic rings. The van der Waals surface area contributed by atoms with Crippen molar-refractivity contribution in [1.29, 1.82) is 0 Å². The number of nitrogens with one attached hydrogen (secondary N) is 3. The Bertz CT molecular complexity index is 1010. The van der Waals surface area contributed by atoms with Crippen molar-refractivity contribution in [3.8, 4) is 0 Å². The third-order valence-electron chi connectivity index (χ3n) is 4.11. The van der Waals surface area contributed by atoms with Crippen LogP contribution in [-0.2, 0) is 14.6 Å². The Balaban J connectivity index is 1.79. The quantitative estimate of drug-likeness (QED) is 0.658. The van der Waals surface area contributed by atoms with E-state index in [4.69, 9.17) is 4.74 Å². The number of H-pyrrole nitrogens is 1. The van der Waals surface area contributed by atoms with Crippen LogP contribution < -0.4 is 10.6 Å². The zero-order valence-electron chi connectivity index (χ0n) is 16.1. The summed E-state index contributed by atoms with van der Waals surface area (Å²) in [6.45, 7) is 5.47. The summed E-state index contributed by atoms with van der Waals surface area (Å²) in [7, 11) is -1.61. The highest BCUT2D eigenvalue weighted by atomic mass is 32.2. The first-order chi connectivity index (χ1) is 13.3. The highest BCUT2D eigenvalue weighted by Crippen LogP contribution is 2.28. The zero-order chi connectivity index (χ0) is 20.3. The second kappa shape index (κ2) is 8.27. The van der Waals surface area contributed by atoms with Crippen LogP contribution in [0.25, 0.3) is 0 Å². The molecule has 0 aliphatic carbocycles. The number of aliphatic imine (C=N–C) groups is 1. The van der Waals surface area contributed by atoms with E-state index in [0.717, 1.165) is 16.3 Å². The number of amidine groups is 1. The molecule has 1 aromatic heterocycles. The monoisotopic (exact) mass is 421 g/mol. The normalized spacial score (nSPS) is 17.1. The lowest BCUT2D eigenvalue weighted by molar-refractivity contribution is 0.304. The number of ether oxygens (including phenoxy) is 1. The lowest BCUT2D eigenvalue weighted by Crippen LogP contribution is -2.34. The molecule has 0 amide bonds. The number of aromatic amines is 1. The molecule has 0 saturated carbocycles. The van der Waals surface area contributed by atoms with E-state index in [9.17, 15) is 8.42 Å². The van der Waals surface area contributed by atoms with Gasteiger partial charge in [0, 0.05) is 16.7 Å². The van der Waals surface area contributed by atoms with Gasteiger partial charge in [-0.2, -0.15) is 5.10 Å². The number of rotatable bonds is 6. The van der Waals surface area contributed by atoms with Gasteiger partial charge in [-0.15, -0.1) is 0 Å². The lowest BCUT2D eigenvalue weighted by Gasteiger charge is -2.25. The van der Waals surface area contributed by atoms with Crippen LogP contribution in [-0.4, -0.2) is 42.8 Å². The Kier molecular flexibility index (Phi) is 5.99. The van der Waals surface area contributed by atoms with Crippen LogP contribution in [0.1, 0.15) is 19.5 Å². The summed E-state index contributed by atoms with van der Waals surface area (Å²) in [5.41, 5.74) is 1.48. The fourth-order valence-electron chi connectivity index (χ4n) is 2.66. The molecule has 0 radical (unpaired) electrons. The lowest BCUT2D eigenvalue weighted by atomic mass is 10.3. The molecule has 0 fully saturated rings. The first kappa shape index (κ1) is 20.3. The average Bonchev–Trinajstić information content (AvgIpc) is 3.07. The molecule has 1 aliphatic heterocycles. The molecule has 3 rings (SSSR count). The number of aromatic nitrogens is 2. The SMILES string of the molecule is CCS(=O)(=O)c1ccc(SC2N=C(Nc3cc(C)[nH]n3)C(OC)=C(C)N2)cc1. The summed E-state index contributed by atoms with van der Waals surface area (Å²) in [6.07, 6.45) is 0. The van der Waals surface area contributed by atoms with Crippen molar-refractivity contribution in [3.63, 3.8) is 0 Å². The van der Waals surface area contributed by atoms with E-state index in [2.05, 4.69) is 25.8 Å². The van der Waals surface area contributed by atoms with Gasteiger partial charge in [-0.3, -0.25) is 5.10 Å². The molecular formula is C18H23N5O3S2. The third kappa shape index (κ3) is 4.50. The highest BCUT2D eigenvalue weighted by Gasteiger charge is 2.23. The molecule has 1 atom stereocenters. The van der Waals surface area contributed by atoms with Crippen LogP contribution in [0.2, 0.25) is 0 Å². The topological polar surface area (TPSA) is 108 Å². The maximum Gasteiger partial charge on any atom is 0.179 e. The van der Waals surface area contributed by atoms with Gasteiger partial charge in [-0.25, -0.2) is 13.4 Å². The van der Waals surface area contributed by atoms with E-state index in [-0.39, 0.29) is 11.3 Å². The Morgan fingerprint density at radius 1 is 1.25 bits per heavy atom. The van der Waals surface area contributed by atoms with Crippen LogP contribution in [0.15, 0.2) is 56.6 Å². The van der Waals surface area contributed by atoms with Crippen LogP contribution in [0.5, 0.6) is 0 Å². The van der Waals surface area contributed by atoms with Crippen molar-refractivity contribution in [3.05, 3.63) is 47.5 Å². The zero-order valence-corrected chi connectivity index (χ0v) is 17.7. The van der Waals surface area contributed by atoms with E-state index in [1.54, 1.807) is 38.3 Å². The largest absolute Gasteiger partial charge is 0.491 e. The minimum Gasteiger partial charge on any atom is -0.491 e. The van der Waals surface area contributed by atoms with E-state index in [1.807, 2.05) is 19.9 Å². The molecule has 1 aliphatic rings. The summed E-state index contributed by atoms with van der Waals surface area (Å²) in [4.78, 5) is 5.90. The number of allylic oxidation sites excluding steroid dienone is 1. The van der Waals surface area contributed by atoms with Gasteiger partial charge in [-0.05, 0) is 38.1 Å².